The minimum absolute atomic E-state index is 0.0882. The lowest BCUT2D eigenvalue weighted by Crippen LogP contribution is -2.68. The number of rotatable bonds is 4. The molecule has 3 aliphatic rings. The van der Waals surface area contributed by atoms with Crippen LogP contribution in [0.4, 0.5) is 31.1 Å². The topological polar surface area (TPSA) is 58.6 Å². The van der Waals surface area contributed by atoms with Crippen LogP contribution in [0.1, 0.15) is 24.8 Å². The lowest BCUT2D eigenvalue weighted by Gasteiger charge is -2.43. The van der Waals surface area contributed by atoms with Crippen molar-refractivity contribution in [3.8, 4) is 11.1 Å². The highest BCUT2D eigenvalue weighted by Gasteiger charge is 2.69. The van der Waals surface area contributed by atoms with Gasteiger partial charge in [-0.25, -0.2) is 31.1 Å². The Morgan fingerprint density at radius 3 is 2.44 bits per heavy atom. The van der Waals surface area contributed by atoms with E-state index in [2.05, 4.69) is 5.32 Å². The largest absolute Gasteiger partial charge is 0.449 e. The van der Waals surface area contributed by atoms with Crippen LogP contribution in [0.15, 0.2) is 36.4 Å². The summed E-state index contributed by atoms with van der Waals surface area (Å²) in [5.41, 5.74) is -2.56. The van der Waals surface area contributed by atoms with Gasteiger partial charge in [-0.05, 0) is 42.5 Å². The smallest absolute Gasteiger partial charge is 0.407 e. The zero-order valence-corrected chi connectivity index (χ0v) is 18.9. The highest BCUT2D eigenvalue weighted by molar-refractivity contribution is 5.82. The number of alkyl carbamates (subject to hydrolysis) is 1. The Kier molecular flexibility index (Phi) is 5.91. The Hall–Kier alpha value is -3.24. The van der Waals surface area contributed by atoms with E-state index >= 15 is 13.2 Å². The van der Waals surface area contributed by atoms with Crippen molar-refractivity contribution in [3.63, 3.8) is 0 Å². The lowest BCUT2D eigenvalue weighted by atomic mass is 9.79. The van der Waals surface area contributed by atoms with Crippen LogP contribution in [0.2, 0.25) is 0 Å². The first kappa shape index (κ1) is 24.5. The molecule has 2 atom stereocenters. The summed E-state index contributed by atoms with van der Waals surface area (Å²) in [5, 5.41) is 2.20. The van der Waals surface area contributed by atoms with Crippen molar-refractivity contribution in [1.29, 1.82) is 0 Å². The molecule has 2 heterocycles. The van der Waals surface area contributed by atoms with Crippen LogP contribution < -0.4 is 5.32 Å². The number of halogens is 6. The summed E-state index contributed by atoms with van der Waals surface area (Å²) < 4.78 is 92.3. The van der Waals surface area contributed by atoms with Gasteiger partial charge in [-0.15, -0.1) is 0 Å². The van der Waals surface area contributed by atoms with Gasteiger partial charge in [-0.1, -0.05) is 18.2 Å². The maximum atomic E-state index is 15.6. The zero-order chi connectivity index (χ0) is 25.8. The van der Waals surface area contributed by atoms with Crippen LogP contribution in [-0.2, 0) is 16.0 Å². The molecule has 0 bridgehead atoms. The monoisotopic (exact) mass is 512 g/mol. The third kappa shape index (κ3) is 3.98. The van der Waals surface area contributed by atoms with E-state index in [4.69, 9.17) is 4.74 Å². The van der Waals surface area contributed by atoms with Gasteiger partial charge in [0.05, 0.1) is 19.2 Å². The number of cyclic esters (lactones) is 1. The average molecular weight is 512 g/mol. The number of carbonyl (C=O) groups is 2. The average Bonchev–Trinajstić information content (AvgIpc) is 2.98. The van der Waals surface area contributed by atoms with Gasteiger partial charge in [0.15, 0.2) is 0 Å². The summed E-state index contributed by atoms with van der Waals surface area (Å²) in [6, 6.07) is 5.16. The van der Waals surface area contributed by atoms with Crippen molar-refractivity contribution in [2.24, 2.45) is 5.92 Å². The molecule has 2 aromatic carbocycles. The number of benzene rings is 2. The summed E-state index contributed by atoms with van der Waals surface area (Å²) in [7, 11) is 0. The minimum Gasteiger partial charge on any atom is -0.449 e. The summed E-state index contributed by atoms with van der Waals surface area (Å²) in [6.45, 7) is -1.36. The Bertz CT molecular complexity index is 1200. The number of ether oxygens (including phenoxy) is 1. The molecule has 1 saturated carbocycles. The first-order valence-corrected chi connectivity index (χ1v) is 11.5. The van der Waals surface area contributed by atoms with Gasteiger partial charge >= 0.3 is 6.09 Å². The van der Waals surface area contributed by atoms with E-state index in [-0.39, 0.29) is 42.6 Å². The fraction of sp³-hybridized carbons (Fsp3) is 0.440. The van der Waals surface area contributed by atoms with E-state index < -0.39 is 72.0 Å². The maximum Gasteiger partial charge on any atom is 0.407 e. The highest BCUT2D eigenvalue weighted by Crippen LogP contribution is 2.48. The molecule has 0 radical (unpaired) electrons. The lowest BCUT2D eigenvalue weighted by molar-refractivity contribution is -0.142. The molecule has 0 unspecified atom stereocenters. The van der Waals surface area contributed by atoms with Gasteiger partial charge in [0, 0.05) is 24.0 Å². The van der Waals surface area contributed by atoms with E-state index in [1.807, 2.05) is 0 Å². The fourth-order valence-corrected chi connectivity index (χ4v) is 5.46. The number of hydrogen-bond donors (Lipinski definition) is 1. The molecule has 5 nitrogen and oxygen atoms in total. The Morgan fingerprint density at radius 2 is 1.81 bits per heavy atom. The second-order valence-electron chi connectivity index (χ2n) is 9.58. The van der Waals surface area contributed by atoms with Crippen LogP contribution in [0, 0.1) is 23.4 Å². The second kappa shape index (κ2) is 8.70. The van der Waals surface area contributed by atoms with Crippen molar-refractivity contribution in [1.82, 2.24) is 10.2 Å². The summed E-state index contributed by atoms with van der Waals surface area (Å²) in [5.74, 6) is -7.78. The maximum absolute atomic E-state index is 15.6. The summed E-state index contributed by atoms with van der Waals surface area (Å²) >= 11 is 0. The Labute approximate surface area is 202 Å². The van der Waals surface area contributed by atoms with E-state index in [1.54, 1.807) is 0 Å². The zero-order valence-electron chi connectivity index (χ0n) is 18.9. The molecular weight excluding hydrogens is 490 g/mol. The van der Waals surface area contributed by atoms with Gasteiger partial charge in [0.1, 0.15) is 29.2 Å². The third-order valence-corrected chi connectivity index (χ3v) is 7.40. The Balaban J connectivity index is 1.55. The molecule has 1 N–H and O–H groups in total. The number of hydrogen-bond acceptors (Lipinski definition) is 3. The molecule has 5 rings (SSSR count). The van der Waals surface area contributed by atoms with E-state index in [1.165, 1.54) is 18.2 Å². The molecule has 36 heavy (non-hydrogen) atoms. The normalized spacial score (nSPS) is 29.0. The molecule has 1 aliphatic carbocycles. The summed E-state index contributed by atoms with van der Waals surface area (Å²) in [6.07, 6.45) is -3.23. The van der Waals surface area contributed by atoms with Gasteiger partial charge in [0.25, 0.3) is 5.92 Å². The van der Waals surface area contributed by atoms with Crippen molar-refractivity contribution >= 4 is 12.0 Å². The molecular formula is C25H22F6N2O3. The molecule has 2 aromatic rings. The molecule has 2 amide bonds. The first-order valence-electron chi connectivity index (χ1n) is 11.5. The summed E-state index contributed by atoms with van der Waals surface area (Å²) in [4.78, 5) is 26.1. The number of carbonyl (C=O) groups excluding carboxylic acids is 2. The Morgan fingerprint density at radius 1 is 1.11 bits per heavy atom. The fourth-order valence-electron chi connectivity index (χ4n) is 5.46. The van der Waals surface area contributed by atoms with Gasteiger partial charge in [0.2, 0.25) is 5.91 Å². The molecule has 192 valence electrons. The van der Waals surface area contributed by atoms with Crippen LogP contribution in [0.3, 0.4) is 0 Å². The van der Waals surface area contributed by atoms with Crippen molar-refractivity contribution < 1.29 is 40.7 Å². The quantitative estimate of drug-likeness (QED) is 0.601. The van der Waals surface area contributed by atoms with Gasteiger partial charge in [-0.3, -0.25) is 4.79 Å². The van der Waals surface area contributed by atoms with E-state index in [0.29, 0.717) is 6.07 Å². The number of alkyl halides is 3. The van der Waals surface area contributed by atoms with Crippen molar-refractivity contribution in [2.45, 2.75) is 49.4 Å². The molecule has 1 spiro atoms. The minimum atomic E-state index is -3.58. The van der Waals surface area contributed by atoms with Crippen LogP contribution in [0.25, 0.3) is 11.1 Å². The molecule has 3 fully saturated rings. The molecule has 11 heteroatoms. The third-order valence-electron chi connectivity index (χ3n) is 7.40. The van der Waals surface area contributed by atoms with Gasteiger partial charge < -0.3 is 15.0 Å². The molecule has 2 saturated heterocycles. The number of likely N-dealkylation sites (tertiary alicyclic amines) is 1. The highest BCUT2D eigenvalue weighted by atomic mass is 19.3. The number of amides is 2. The molecule has 2 aliphatic heterocycles. The van der Waals surface area contributed by atoms with E-state index in [9.17, 15) is 22.8 Å². The van der Waals surface area contributed by atoms with E-state index in [0.717, 1.165) is 17.0 Å². The van der Waals surface area contributed by atoms with Gasteiger partial charge in [-0.2, -0.15) is 0 Å². The van der Waals surface area contributed by atoms with Crippen LogP contribution in [0.5, 0.6) is 0 Å². The first-order chi connectivity index (χ1) is 17.0. The number of nitrogens with zero attached hydrogens (tertiary/aromatic N) is 1. The number of nitrogens with one attached hydrogen (secondary N) is 1. The van der Waals surface area contributed by atoms with Crippen molar-refractivity contribution in [2.75, 3.05) is 13.2 Å². The predicted octanol–water partition coefficient (Wildman–Crippen LogP) is 4.78. The predicted molar refractivity (Wildman–Crippen MR) is 115 cm³/mol. The van der Waals surface area contributed by atoms with Crippen molar-refractivity contribution in [3.05, 3.63) is 59.4 Å². The van der Waals surface area contributed by atoms with Crippen LogP contribution >= 0.6 is 0 Å². The standard InChI is InChI=1S/C25H22F6N2O3/c26-16-8-15(9-16)22(34)33-12-25(30,31)24(4-5-36-23(35)32-24)20(33)10-13-2-1-3-19(21(13)29)14-6-17(27)11-18(28)7-14/h1-3,6-7,11,15-16,20H,4-5,8-10,12H2,(H,32,35)/t15?,16?,20-,24-/m1/s1. The van der Waals surface area contributed by atoms with Crippen LogP contribution in [-0.4, -0.2) is 53.7 Å². The SMILES string of the molecule is O=C1N[C@]2(CCO1)[C@@H](Cc1cccc(-c3cc(F)cc(F)c3)c1F)N(C(=O)C1CC(F)C1)CC2(F)F. The second-order valence-corrected chi connectivity index (χ2v) is 9.58. The molecule has 0 aromatic heterocycles.